The van der Waals surface area contributed by atoms with Crippen LogP contribution in [0.2, 0.25) is 0 Å². The van der Waals surface area contributed by atoms with E-state index in [9.17, 15) is 9.50 Å². The van der Waals surface area contributed by atoms with Crippen molar-refractivity contribution in [3.8, 4) is 11.3 Å². The maximum Gasteiger partial charge on any atom is 0.137 e. The average Bonchev–Trinajstić information content (AvgIpc) is 3.23. The zero-order valence-electron chi connectivity index (χ0n) is 10.7. The molecule has 3 rings (SSSR count). The van der Waals surface area contributed by atoms with Crippen molar-refractivity contribution in [2.45, 2.75) is 25.2 Å². The van der Waals surface area contributed by atoms with E-state index in [-0.39, 0.29) is 17.8 Å². The molecule has 4 heteroatoms. The molecule has 1 aliphatic rings. The summed E-state index contributed by atoms with van der Waals surface area (Å²) in [6.45, 7) is 1.82. The van der Waals surface area contributed by atoms with Crippen molar-refractivity contribution < 1.29 is 9.50 Å². The highest BCUT2D eigenvalue weighted by molar-refractivity contribution is 5.60. The van der Waals surface area contributed by atoms with Gasteiger partial charge in [-0.2, -0.15) is 0 Å². The fourth-order valence-corrected chi connectivity index (χ4v) is 2.18. The van der Waals surface area contributed by atoms with E-state index < -0.39 is 0 Å². The van der Waals surface area contributed by atoms with Crippen LogP contribution in [0, 0.1) is 12.7 Å². The van der Waals surface area contributed by atoms with E-state index in [4.69, 9.17) is 0 Å². The van der Waals surface area contributed by atoms with Gasteiger partial charge in [0.15, 0.2) is 0 Å². The molecule has 0 radical (unpaired) electrons. The summed E-state index contributed by atoms with van der Waals surface area (Å²) < 4.78 is 13.3. The van der Waals surface area contributed by atoms with Crippen LogP contribution in [0.1, 0.15) is 24.2 Å². The quantitative estimate of drug-likeness (QED) is 0.920. The molecule has 1 fully saturated rings. The molecule has 98 valence electrons. The maximum absolute atomic E-state index is 13.3. The second-order valence-electron chi connectivity index (χ2n) is 5.17. The molecule has 19 heavy (non-hydrogen) atoms. The van der Waals surface area contributed by atoms with Crippen LogP contribution in [0.5, 0.6) is 0 Å². The van der Waals surface area contributed by atoms with Gasteiger partial charge in [-0.05, 0) is 49.6 Å². The molecule has 1 heterocycles. The molecule has 0 aliphatic heterocycles. The van der Waals surface area contributed by atoms with Gasteiger partial charge in [0.1, 0.15) is 11.6 Å². The number of benzene rings is 1. The molecule has 1 N–H and O–H groups in total. The largest absolute Gasteiger partial charge is 0.395 e. The monoisotopic (exact) mass is 258 g/mol. The van der Waals surface area contributed by atoms with E-state index in [1.165, 1.54) is 6.07 Å². The molecule has 1 aromatic heterocycles. The molecule has 0 saturated heterocycles. The Kier molecular flexibility index (Phi) is 2.82. The first-order chi connectivity index (χ1) is 9.14. The van der Waals surface area contributed by atoms with Crippen molar-refractivity contribution in [3.05, 3.63) is 47.7 Å². The van der Waals surface area contributed by atoms with Crippen molar-refractivity contribution in [1.29, 1.82) is 0 Å². The summed E-state index contributed by atoms with van der Waals surface area (Å²) in [4.78, 5) is 8.79. The second kappa shape index (κ2) is 4.38. The van der Waals surface area contributed by atoms with Gasteiger partial charge in [0.25, 0.3) is 0 Å². The SMILES string of the molecule is Cc1cc(-c2ccnc(C3(CO)CC3)n2)ccc1F. The normalized spacial score (nSPS) is 16.4. The molecule has 1 aromatic carbocycles. The van der Waals surface area contributed by atoms with Crippen LogP contribution in [0.15, 0.2) is 30.5 Å². The van der Waals surface area contributed by atoms with E-state index in [0.717, 1.165) is 24.1 Å². The second-order valence-corrected chi connectivity index (χ2v) is 5.17. The summed E-state index contributed by atoms with van der Waals surface area (Å²) in [7, 11) is 0. The fourth-order valence-electron chi connectivity index (χ4n) is 2.18. The molecule has 2 aromatic rings. The number of nitrogens with zero attached hydrogens (tertiary/aromatic N) is 2. The van der Waals surface area contributed by atoms with E-state index in [1.807, 2.05) is 6.07 Å². The minimum atomic E-state index is -0.245. The molecule has 3 nitrogen and oxygen atoms in total. The predicted octanol–water partition coefficient (Wildman–Crippen LogP) is 2.62. The van der Waals surface area contributed by atoms with Gasteiger partial charge in [0, 0.05) is 11.8 Å². The summed E-state index contributed by atoms with van der Waals surface area (Å²) in [5.41, 5.74) is 2.00. The number of hydrogen-bond acceptors (Lipinski definition) is 3. The van der Waals surface area contributed by atoms with Gasteiger partial charge in [0.05, 0.1) is 17.7 Å². The summed E-state index contributed by atoms with van der Waals surface area (Å²) in [6, 6.07) is 6.75. The molecule has 0 spiro atoms. The van der Waals surface area contributed by atoms with E-state index >= 15 is 0 Å². The van der Waals surface area contributed by atoms with Crippen LogP contribution in [-0.4, -0.2) is 21.7 Å². The van der Waals surface area contributed by atoms with Gasteiger partial charge in [-0.25, -0.2) is 14.4 Å². The maximum atomic E-state index is 13.3. The summed E-state index contributed by atoms with van der Waals surface area (Å²) in [5.74, 6) is 0.474. The van der Waals surface area contributed by atoms with Crippen LogP contribution in [0.4, 0.5) is 4.39 Å². The predicted molar refractivity (Wildman–Crippen MR) is 70.2 cm³/mol. The first-order valence-electron chi connectivity index (χ1n) is 6.35. The third kappa shape index (κ3) is 2.12. The minimum absolute atomic E-state index is 0.0822. The molecule has 0 atom stereocenters. The topological polar surface area (TPSA) is 46.0 Å². The number of aromatic nitrogens is 2. The summed E-state index contributed by atoms with van der Waals surface area (Å²) in [6.07, 6.45) is 3.55. The zero-order chi connectivity index (χ0) is 13.5. The molecular formula is C15H15FN2O. The van der Waals surface area contributed by atoms with Crippen LogP contribution in [0.3, 0.4) is 0 Å². The first kappa shape index (κ1) is 12.2. The van der Waals surface area contributed by atoms with Crippen molar-refractivity contribution in [1.82, 2.24) is 9.97 Å². The number of halogens is 1. The van der Waals surface area contributed by atoms with E-state index in [0.29, 0.717) is 11.4 Å². The molecule has 0 amide bonds. The van der Waals surface area contributed by atoms with Gasteiger partial charge in [0.2, 0.25) is 0 Å². The Labute approximate surface area is 111 Å². The summed E-state index contributed by atoms with van der Waals surface area (Å²) in [5, 5.41) is 9.42. The van der Waals surface area contributed by atoms with Crippen LogP contribution in [-0.2, 0) is 5.41 Å². The standard InChI is InChI=1S/C15H15FN2O/c1-10-8-11(2-3-12(10)16)13-4-7-17-14(18-13)15(9-19)5-6-15/h2-4,7-8,19H,5-6,9H2,1H3. The van der Waals surface area contributed by atoms with Crippen molar-refractivity contribution >= 4 is 0 Å². The highest BCUT2D eigenvalue weighted by atomic mass is 19.1. The number of hydrogen-bond donors (Lipinski definition) is 1. The third-order valence-electron chi connectivity index (χ3n) is 3.74. The van der Waals surface area contributed by atoms with E-state index in [1.54, 1.807) is 25.3 Å². The molecule has 1 aliphatic carbocycles. The Bertz CT molecular complexity index is 623. The van der Waals surface area contributed by atoms with Crippen molar-refractivity contribution in [2.24, 2.45) is 0 Å². The molecule has 0 bridgehead atoms. The number of aliphatic hydroxyl groups excluding tert-OH is 1. The Balaban J connectivity index is 2.01. The van der Waals surface area contributed by atoms with Gasteiger partial charge < -0.3 is 5.11 Å². The lowest BCUT2D eigenvalue weighted by molar-refractivity contribution is 0.250. The number of aliphatic hydroxyl groups is 1. The average molecular weight is 258 g/mol. The Morgan fingerprint density at radius 1 is 1.32 bits per heavy atom. The Hall–Kier alpha value is -1.81. The lowest BCUT2D eigenvalue weighted by Crippen LogP contribution is -2.16. The minimum Gasteiger partial charge on any atom is -0.395 e. The van der Waals surface area contributed by atoms with Crippen LogP contribution >= 0.6 is 0 Å². The van der Waals surface area contributed by atoms with E-state index in [2.05, 4.69) is 9.97 Å². The van der Waals surface area contributed by atoms with Gasteiger partial charge in [-0.1, -0.05) is 0 Å². The Morgan fingerprint density at radius 3 is 2.74 bits per heavy atom. The smallest absolute Gasteiger partial charge is 0.137 e. The zero-order valence-corrected chi connectivity index (χ0v) is 10.7. The first-order valence-corrected chi connectivity index (χ1v) is 6.35. The molecule has 1 saturated carbocycles. The van der Waals surface area contributed by atoms with Crippen LogP contribution in [0.25, 0.3) is 11.3 Å². The fraction of sp³-hybridized carbons (Fsp3) is 0.333. The Morgan fingerprint density at radius 2 is 2.11 bits per heavy atom. The highest BCUT2D eigenvalue weighted by Crippen LogP contribution is 2.46. The lowest BCUT2D eigenvalue weighted by Gasteiger charge is -2.11. The van der Waals surface area contributed by atoms with Gasteiger partial charge >= 0.3 is 0 Å². The summed E-state index contributed by atoms with van der Waals surface area (Å²) >= 11 is 0. The number of rotatable bonds is 3. The highest BCUT2D eigenvalue weighted by Gasteiger charge is 2.46. The van der Waals surface area contributed by atoms with Crippen molar-refractivity contribution in [2.75, 3.05) is 6.61 Å². The van der Waals surface area contributed by atoms with Gasteiger partial charge in [-0.3, -0.25) is 0 Å². The lowest BCUT2D eigenvalue weighted by atomic mass is 10.1. The number of aryl methyl sites for hydroxylation is 1. The van der Waals surface area contributed by atoms with Gasteiger partial charge in [-0.15, -0.1) is 0 Å². The molecule has 0 unspecified atom stereocenters. The third-order valence-corrected chi connectivity index (χ3v) is 3.74. The van der Waals surface area contributed by atoms with Crippen LogP contribution < -0.4 is 0 Å². The molecular weight excluding hydrogens is 243 g/mol. The van der Waals surface area contributed by atoms with Crippen molar-refractivity contribution in [3.63, 3.8) is 0 Å².